The molecule has 1 aliphatic rings. The van der Waals surface area contributed by atoms with Crippen molar-refractivity contribution in [3.8, 4) is 0 Å². The maximum atomic E-state index is 12.4. The van der Waals surface area contributed by atoms with Gasteiger partial charge in [-0.3, -0.25) is 0 Å². The third-order valence-electron chi connectivity index (χ3n) is 2.38. The number of anilines is 1. The van der Waals surface area contributed by atoms with Gasteiger partial charge in [-0.15, -0.1) is 0 Å². The van der Waals surface area contributed by atoms with E-state index in [9.17, 15) is 13.2 Å². The minimum absolute atomic E-state index is 0.271. The summed E-state index contributed by atoms with van der Waals surface area (Å²) >= 11 is 0. The minimum Gasteiger partial charge on any atom is -0.369 e. The predicted molar refractivity (Wildman–Crippen MR) is 59.6 cm³/mol. The number of hydrogen-bond donors (Lipinski definition) is 1. The van der Waals surface area contributed by atoms with Crippen LogP contribution in [0.15, 0.2) is 41.5 Å². The van der Waals surface area contributed by atoms with Crippen LogP contribution in [0.3, 0.4) is 0 Å². The maximum Gasteiger partial charge on any atom is 0.416 e. The van der Waals surface area contributed by atoms with Crippen molar-refractivity contribution in [1.82, 2.24) is 0 Å². The van der Waals surface area contributed by atoms with Crippen LogP contribution in [0, 0.1) is 0 Å². The summed E-state index contributed by atoms with van der Waals surface area (Å²) in [5.74, 6) is 0.271. The number of alkyl halides is 3. The van der Waals surface area contributed by atoms with Gasteiger partial charge in [-0.1, -0.05) is 0 Å². The molecule has 17 heavy (non-hydrogen) atoms. The van der Waals surface area contributed by atoms with E-state index in [4.69, 9.17) is 5.73 Å². The lowest BCUT2D eigenvalue weighted by Gasteiger charge is -2.24. The van der Waals surface area contributed by atoms with Gasteiger partial charge >= 0.3 is 6.18 Å². The van der Waals surface area contributed by atoms with Gasteiger partial charge in [0.2, 0.25) is 5.96 Å². The van der Waals surface area contributed by atoms with Gasteiger partial charge in [0, 0.05) is 18.4 Å². The Morgan fingerprint density at radius 3 is 2.35 bits per heavy atom. The topological polar surface area (TPSA) is 41.6 Å². The Hall–Kier alpha value is -1.98. The smallest absolute Gasteiger partial charge is 0.369 e. The molecular weight excluding hydrogens is 231 g/mol. The Balaban J connectivity index is 2.24. The number of guanidine groups is 1. The van der Waals surface area contributed by atoms with E-state index in [0.29, 0.717) is 12.2 Å². The highest BCUT2D eigenvalue weighted by Crippen LogP contribution is 2.30. The first-order valence-corrected chi connectivity index (χ1v) is 4.91. The number of nitrogens with two attached hydrogens (primary N) is 1. The highest BCUT2D eigenvalue weighted by Gasteiger charge is 2.30. The van der Waals surface area contributed by atoms with Crippen LogP contribution in [0.1, 0.15) is 5.56 Å². The first kappa shape index (κ1) is 11.5. The van der Waals surface area contributed by atoms with E-state index in [1.807, 2.05) is 0 Å². The molecule has 6 heteroatoms. The van der Waals surface area contributed by atoms with Crippen molar-refractivity contribution < 1.29 is 13.2 Å². The van der Waals surface area contributed by atoms with Gasteiger partial charge in [0.1, 0.15) is 0 Å². The van der Waals surface area contributed by atoms with E-state index in [1.165, 1.54) is 12.1 Å². The number of benzene rings is 1. The Bertz CT molecular complexity index is 460. The van der Waals surface area contributed by atoms with Crippen molar-refractivity contribution >= 4 is 11.6 Å². The Labute approximate surface area is 96.1 Å². The number of nitrogens with zero attached hydrogens (tertiary/aromatic N) is 2. The van der Waals surface area contributed by atoms with E-state index in [2.05, 4.69) is 4.99 Å². The number of rotatable bonds is 1. The molecule has 90 valence electrons. The summed E-state index contributed by atoms with van der Waals surface area (Å²) < 4.78 is 37.1. The number of halogens is 3. The second-order valence-electron chi connectivity index (χ2n) is 3.53. The zero-order valence-electron chi connectivity index (χ0n) is 8.78. The lowest BCUT2D eigenvalue weighted by Crippen LogP contribution is -2.38. The number of aliphatic imine (C=N–C) groups is 1. The van der Waals surface area contributed by atoms with Crippen LogP contribution < -0.4 is 10.6 Å². The van der Waals surface area contributed by atoms with E-state index < -0.39 is 11.7 Å². The van der Waals surface area contributed by atoms with E-state index in [1.54, 1.807) is 17.2 Å². The second kappa shape index (κ2) is 4.12. The molecule has 1 aromatic carbocycles. The van der Waals surface area contributed by atoms with Gasteiger partial charge in [-0.25, -0.2) is 4.99 Å². The average molecular weight is 241 g/mol. The molecule has 1 aromatic rings. The summed E-state index contributed by atoms with van der Waals surface area (Å²) in [7, 11) is 0. The monoisotopic (exact) mass is 241 g/mol. The highest BCUT2D eigenvalue weighted by atomic mass is 19.4. The zero-order valence-corrected chi connectivity index (χ0v) is 8.78. The first-order chi connectivity index (χ1) is 7.98. The van der Waals surface area contributed by atoms with Crippen LogP contribution in [0.4, 0.5) is 18.9 Å². The van der Waals surface area contributed by atoms with Gasteiger partial charge in [0.15, 0.2) is 0 Å². The zero-order chi connectivity index (χ0) is 12.5. The molecule has 0 radical (unpaired) electrons. The van der Waals surface area contributed by atoms with Crippen LogP contribution >= 0.6 is 0 Å². The van der Waals surface area contributed by atoms with Gasteiger partial charge in [0.05, 0.1) is 5.56 Å². The summed E-state index contributed by atoms with van der Waals surface area (Å²) in [6, 6.07) is 4.82. The third kappa shape index (κ3) is 2.41. The quantitative estimate of drug-likeness (QED) is 0.820. The molecule has 0 amide bonds. The maximum absolute atomic E-state index is 12.4. The molecule has 2 rings (SSSR count). The SMILES string of the molecule is NC1=NC=CCN1c1ccc(C(F)(F)F)cc1. The third-order valence-corrected chi connectivity index (χ3v) is 2.38. The van der Waals surface area contributed by atoms with Crippen LogP contribution in [-0.4, -0.2) is 12.5 Å². The summed E-state index contributed by atoms with van der Waals surface area (Å²) in [5, 5.41) is 0. The van der Waals surface area contributed by atoms with Crippen LogP contribution in [0.25, 0.3) is 0 Å². The van der Waals surface area contributed by atoms with Crippen molar-refractivity contribution in [2.75, 3.05) is 11.4 Å². The Morgan fingerprint density at radius 2 is 1.82 bits per heavy atom. The predicted octanol–water partition coefficient (Wildman–Crippen LogP) is 2.35. The Kier molecular flexibility index (Phi) is 2.79. The van der Waals surface area contributed by atoms with Crippen molar-refractivity contribution in [1.29, 1.82) is 0 Å². The van der Waals surface area contributed by atoms with E-state index >= 15 is 0 Å². The summed E-state index contributed by atoms with van der Waals surface area (Å²) in [5.41, 5.74) is 5.55. The molecule has 3 nitrogen and oxygen atoms in total. The number of hydrogen-bond acceptors (Lipinski definition) is 3. The summed E-state index contributed by atoms with van der Waals surface area (Å²) in [4.78, 5) is 5.50. The van der Waals surface area contributed by atoms with Gasteiger partial charge in [-0.2, -0.15) is 13.2 Å². The molecule has 1 heterocycles. The largest absolute Gasteiger partial charge is 0.416 e. The van der Waals surface area contributed by atoms with Crippen molar-refractivity contribution in [2.24, 2.45) is 10.7 Å². The van der Waals surface area contributed by atoms with Crippen LogP contribution in [-0.2, 0) is 6.18 Å². The molecular formula is C11H10F3N3. The summed E-state index contributed by atoms with van der Waals surface area (Å²) in [6.07, 6.45) is -0.982. The van der Waals surface area contributed by atoms with Crippen molar-refractivity contribution in [3.05, 3.63) is 42.1 Å². The van der Waals surface area contributed by atoms with Crippen LogP contribution in [0.5, 0.6) is 0 Å². The van der Waals surface area contributed by atoms with E-state index in [-0.39, 0.29) is 5.96 Å². The molecule has 0 saturated carbocycles. The second-order valence-corrected chi connectivity index (χ2v) is 3.53. The molecule has 0 fully saturated rings. The fraction of sp³-hybridized carbons (Fsp3) is 0.182. The molecule has 0 atom stereocenters. The molecule has 0 unspecified atom stereocenters. The fourth-order valence-electron chi connectivity index (χ4n) is 1.51. The van der Waals surface area contributed by atoms with Crippen molar-refractivity contribution in [3.63, 3.8) is 0 Å². The van der Waals surface area contributed by atoms with Crippen LogP contribution in [0.2, 0.25) is 0 Å². The normalized spacial score (nSPS) is 15.9. The highest BCUT2D eigenvalue weighted by molar-refractivity contribution is 5.96. The standard InChI is InChI=1S/C11H10F3N3/c12-11(13,14)8-2-4-9(5-3-8)17-7-1-6-16-10(17)15/h1-6H,7H2,(H2,15,16). The molecule has 1 aliphatic heterocycles. The molecule has 0 aliphatic carbocycles. The molecule has 0 aromatic heterocycles. The molecule has 2 N–H and O–H groups in total. The van der Waals surface area contributed by atoms with Gasteiger partial charge < -0.3 is 10.6 Å². The molecule has 0 spiro atoms. The van der Waals surface area contributed by atoms with Gasteiger partial charge in [-0.05, 0) is 30.3 Å². The summed E-state index contributed by atoms with van der Waals surface area (Å²) in [6.45, 7) is 0.501. The Morgan fingerprint density at radius 1 is 1.18 bits per heavy atom. The minimum atomic E-state index is -4.32. The molecule has 0 saturated heterocycles. The average Bonchev–Trinajstić information content (AvgIpc) is 2.29. The fourth-order valence-corrected chi connectivity index (χ4v) is 1.51. The van der Waals surface area contributed by atoms with Crippen molar-refractivity contribution in [2.45, 2.75) is 6.18 Å². The lowest BCUT2D eigenvalue weighted by atomic mass is 10.2. The molecule has 0 bridgehead atoms. The lowest BCUT2D eigenvalue weighted by molar-refractivity contribution is -0.137. The van der Waals surface area contributed by atoms with E-state index in [0.717, 1.165) is 12.1 Å². The first-order valence-electron chi connectivity index (χ1n) is 4.91. The van der Waals surface area contributed by atoms with Gasteiger partial charge in [0.25, 0.3) is 0 Å².